The number of fused-ring (bicyclic) bond motifs is 1. The zero-order valence-electron chi connectivity index (χ0n) is 9.03. The molecular formula is C13H14BrNS. The van der Waals surface area contributed by atoms with Crippen LogP contribution in [0, 0.1) is 0 Å². The number of rotatable bonds is 1. The molecule has 84 valence electrons. The first kappa shape index (κ1) is 10.7. The van der Waals surface area contributed by atoms with Crippen molar-refractivity contribution in [3.8, 4) is 0 Å². The van der Waals surface area contributed by atoms with E-state index >= 15 is 0 Å². The molecule has 1 fully saturated rings. The summed E-state index contributed by atoms with van der Waals surface area (Å²) in [6.45, 7) is 0. The van der Waals surface area contributed by atoms with Crippen molar-refractivity contribution < 1.29 is 0 Å². The minimum Gasteiger partial charge on any atom is -0.344 e. The Morgan fingerprint density at radius 1 is 1.19 bits per heavy atom. The molecule has 1 saturated heterocycles. The molecule has 0 radical (unpaired) electrons. The van der Waals surface area contributed by atoms with Gasteiger partial charge in [-0.3, -0.25) is 0 Å². The highest BCUT2D eigenvalue weighted by Gasteiger charge is 2.16. The lowest BCUT2D eigenvalue weighted by Crippen LogP contribution is -2.14. The SMILES string of the molecule is Brc1ccc2ccn(C3CCSCC3)c2c1. The predicted molar refractivity (Wildman–Crippen MR) is 75.2 cm³/mol. The molecule has 0 aliphatic carbocycles. The van der Waals surface area contributed by atoms with Gasteiger partial charge in [0, 0.05) is 22.2 Å². The maximum atomic E-state index is 3.56. The third-order valence-corrected chi connectivity index (χ3v) is 4.81. The fourth-order valence-corrected chi connectivity index (χ4v) is 3.83. The number of benzene rings is 1. The molecule has 2 aromatic rings. The molecule has 0 atom stereocenters. The summed E-state index contributed by atoms with van der Waals surface area (Å²) in [5.74, 6) is 2.61. The van der Waals surface area contributed by atoms with Gasteiger partial charge in [-0.2, -0.15) is 11.8 Å². The van der Waals surface area contributed by atoms with E-state index in [9.17, 15) is 0 Å². The van der Waals surface area contributed by atoms with Crippen LogP contribution in [0.3, 0.4) is 0 Å². The number of hydrogen-bond acceptors (Lipinski definition) is 1. The van der Waals surface area contributed by atoms with Crippen LogP contribution in [0.15, 0.2) is 34.9 Å². The molecule has 1 aliphatic heterocycles. The summed E-state index contributed by atoms with van der Waals surface area (Å²) in [5, 5.41) is 1.35. The highest BCUT2D eigenvalue weighted by Crippen LogP contribution is 2.31. The molecule has 0 saturated carbocycles. The van der Waals surface area contributed by atoms with E-state index in [1.165, 1.54) is 39.7 Å². The molecule has 16 heavy (non-hydrogen) atoms. The number of thioether (sulfide) groups is 1. The predicted octanol–water partition coefficient (Wildman–Crippen LogP) is 4.47. The fourth-order valence-electron chi connectivity index (χ4n) is 2.40. The summed E-state index contributed by atoms with van der Waals surface area (Å²) in [6, 6.07) is 9.46. The van der Waals surface area contributed by atoms with Crippen molar-refractivity contribution in [2.45, 2.75) is 18.9 Å². The van der Waals surface area contributed by atoms with Gasteiger partial charge in [0.05, 0.1) is 0 Å². The fraction of sp³-hybridized carbons (Fsp3) is 0.385. The van der Waals surface area contributed by atoms with Crippen LogP contribution in [-0.2, 0) is 0 Å². The van der Waals surface area contributed by atoms with E-state index in [4.69, 9.17) is 0 Å². The largest absolute Gasteiger partial charge is 0.344 e. The Balaban J connectivity index is 2.05. The smallest absolute Gasteiger partial charge is 0.0494 e. The third-order valence-electron chi connectivity index (χ3n) is 3.27. The third kappa shape index (κ3) is 1.91. The number of halogens is 1. The Kier molecular flexibility index (Phi) is 2.99. The topological polar surface area (TPSA) is 4.93 Å². The number of aromatic nitrogens is 1. The van der Waals surface area contributed by atoms with Gasteiger partial charge in [0.15, 0.2) is 0 Å². The quantitative estimate of drug-likeness (QED) is 0.751. The molecule has 1 nitrogen and oxygen atoms in total. The van der Waals surface area contributed by atoms with Crippen LogP contribution in [0.4, 0.5) is 0 Å². The molecule has 1 aromatic heterocycles. The summed E-state index contributed by atoms with van der Waals surface area (Å²) in [7, 11) is 0. The van der Waals surface area contributed by atoms with Crippen molar-refractivity contribution in [1.82, 2.24) is 4.57 Å². The molecule has 0 amide bonds. The van der Waals surface area contributed by atoms with Crippen LogP contribution >= 0.6 is 27.7 Å². The van der Waals surface area contributed by atoms with E-state index in [2.05, 4.69) is 62.7 Å². The average Bonchev–Trinajstić information content (AvgIpc) is 2.73. The van der Waals surface area contributed by atoms with Gasteiger partial charge in [0.2, 0.25) is 0 Å². The minimum absolute atomic E-state index is 0.702. The van der Waals surface area contributed by atoms with Crippen LogP contribution in [0.25, 0.3) is 10.9 Å². The first-order valence-electron chi connectivity index (χ1n) is 5.68. The minimum atomic E-state index is 0.702. The normalized spacial score (nSPS) is 18.1. The van der Waals surface area contributed by atoms with Gasteiger partial charge < -0.3 is 4.57 Å². The van der Waals surface area contributed by atoms with Crippen molar-refractivity contribution in [2.24, 2.45) is 0 Å². The van der Waals surface area contributed by atoms with Gasteiger partial charge in [-0.1, -0.05) is 22.0 Å². The van der Waals surface area contributed by atoms with E-state index in [0.717, 1.165) is 0 Å². The second-order valence-electron chi connectivity index (χ2n) is 4.27. The monoisotopic (exact) mass is 295 g/mol. The van der Waals surface area contributed by atoms with Gasteiger partial charge >= 0.3 is 0 Å². The second-order valence-corrected chi connectivity index (χ2v) is 6.41. The molecular weight excluding hydrogens is 282 g/mol. The molecule has 3 rings (SSSR count). The highest BCUT2D eigenvalue weighted by atomic mass is 79.9. The maximum absolute atomic E-state index is 3.56. The Morgan fingerprint density at radius 2 is 2.00 bits per heavy atom. The Morgan fingerprint density at radius 3 is 2.81 bits per heavy atom. The van der Waals surface area contributed by atoms with Gasteiger partial charge in [-0.15, -0.1) is 0 Å². The highest BCUT2D eigenvalue weighted by molar-refractivity contribution is 9.10. The second kappa shape index (κ2) is 4.46. The summed E-state index contributed by atoms with van der Waals surface area (Å²) < 4.78 is 3.63. The first-order valence-corrected chi connectivity index (χ1v) is 7.63. The average molecular weight is 296 g/mol. The standard InChI is InChI=1S/C13H14BrNS/c14-11-2-1-10-3-6-15(13(10)9-11)12-4-7-16-8-5-12/h1-3,6,9,12H,4-5,7-8H2. The van der Waals surface area contributed by atoms with Gasteiger partial charge in [-0.25, -0.2) is 0 Å². The Labute approximate surface area is 108 Å². The molecule has 0 bridgehead atoms. The molecule has 0 unspecified atom stereocenters. The van der Waals surface area contributed by atoms with Gasteiger partial charge in [0.1, 0.15) is 0 Å². The van der Waals surface area contributed by atoms with Crippen LogP contribution < -0.4 is 0 Å². The number of nitrogens with zero attached hydrogens (tertiary/aromatic N) is 1. The van der Waals surface area contributed by atoms with Crippen molar-refractivity contribution in [1.29, 1.82) is 0 Å². The summed E-state index contributed by atoms with van der Waals surface area (Å²) in [6.07, 6.45) is 4.86. The Bertz CT molecular complexity index is 500. The summed E-state index contributed by atoms with van der Waals surface area (Å²) in [4.78, 5) is 0. The van der Waals surface area contributed by atoms with Crippen molar-refractivity contribution in [2.75, 3.05) is 11.5 Å². The Hall–Kier alpha value is -0.410. The van der Waals surface area contributed by atoms with E-state index in [-0.39, 0.29) is 0 Å². The molecule has 1 aliphatic rings. The molecule has 0 spiro atoms. The first-order chi connectivity index (χ1) is 7.84. The molecule has 1 aromatic carbocycles. The molecule has 3 heteroatoms. The van der Waals surface area contributed by atoms with E-state index in [1.54, 1.807) is 0 Å². The summed E-state index contributed by atoms with van der Waals surface area (Å²) >= 11 is 5.64. The lowest BCUT2D eigenvalue weighted by molar-refractivity contribution is 0.483. The van der Waals surface area contributed by atoms with Crippen LogP contribution in [0.2, 0.25) is 0 Å². The molecule has 2 heterocycles. The lowest BCUT2D eigenvalue weighted by Gasteiger charge is -2.24. The molecule has 0 N–H and O–H groups in total. The zero-order valence-corrected chi connectivity index (χ0v) is 11.4. The van der Waals surface area contributed by atoms with E-state index < -0.39 is 0 Å². The van der Waals surface area contributed by atoms with E-state index in [0.29, 0.717) is 6.04 Å². The maximum Gasteiger partial charge on any atom is 0.0494 e. The van der Waals surface area contributed by atoms with Crippen molar-refractivity contribution in [3.05, 3.63) is 34.9 Å². The number of hydrogen-bond donors (Lipinski definition) is 0. The van der Waals surface area contributed by atoms with Crippen LogP contribution in [0.1, 0.15) is 18.9 Å². The van der Waals surface area contributed by atoms with Gasteiger partial charge in [0.25, 0.3) is 0 Å². The zero-order chi connectivity index (χ0) is 11.0. The van der Waals surface area contributed by atoms with Crippen LogP contribution in [0.5, 0.6) is 0 Å². The van der Waals surface area contributed by atoms with Crippen molar-refractivity contribution >= 4 is 38.6 Å². The van der Waals surface area contributed by atoms with Crippen molar-refractivity contribution in [3.63, 3.8) is 0 Å². The van der Waals surface area contributed by atoms with E-state index in [1.807, 2.05) is 0 Å². The lowest BCUT2D eigenvalue weighted by atomic mass is 10.1. The summed E-state index contributed by atoms with van der Waals surface area (Å²) in [5.41, 5.74) is 1.37. The van der Waals surface area contributed by atoms with Gasteiger partial charge in [-0.05, 0) is 47.9 Å². The van der Waals surface area contributed by atoms with Crippen LogP contribution in [-0.4, -0.2) is 16.1 Å².